The van der Waals surface area contributed by atoms with Gasteiger partial charge in [0.25, 0.3) is 0 Å². The molecule has 0 aliphatic carbocycles. The summed E-state index contributed by atoms with van der Waals surface area (Å²) in [7, 11) is 0. The van der Waals surface area contributed by atoms with Crippen molar-refractivity contribution in [1.29, 1.82) is 0 Å². The van der Waals surface area contributed by atoms with Gasteiger partial charge in [-0.05, 0) is 25.1 Å². The molecule has 0 atom stereocenters. The van der Waals surface area contributed by atoms with Crippen molar-refractivity contribution in [2.24, 2.45) is 0 Å². The van der Waals surface area contributed by atoms with Crippen LogP contribution in [-0.2, 0) is 0 Å². The number of rotatable bonds is 3. The molecule has 0 saturated carbocycles. The van der Waals surface area contributed by atoms with Crippen molar-refractivity contribution in [2.75, 3.05) is 5.32 Å². The van der Waals surface area contributed by atoms with Crippen LogP contribution in [-0.4, -0.2) is 21.3 Å². The highest BCUT2D eigenvalue weighted by Gasteiger charge is 2.10. The molecule has 0 fully saturated rings. The van der Waals surface area contributed by atoms with Gasteiger partial charge in [0.05, 0.1) is 10.6 Å². The average molecular weight is 270 g/mol. The van der Waals surface area contributed by atoms with Gasteiger partial charge in [-0.3, -0.25) is 0 Å². The smallest absolute Gasteiger partial charge is 0.337 e. The van der Waals surface area contributed by atoms with Crippen LogP contribution < -0.4 is 5.32 Å². The topological polar surface area (TPSA) is 75.1 Å². The van der Waals surface area contributed by atoms with Crippen LogP contribution in [0, 0.1) is 6.92 Å². The number of nitrogens with one attached hydrogen (secondary N) is 1. The van der Waals surface area contributed by atoms with Crippen molar-refractivity contribution in [2.45, 2.75) is 6.92 Å². The maximum absolute atomic E-state index is 10.9. The minimum Gasteiger partial charge on any atom is -0.478 e. The molecule has 2 rings (SSSR count). The predicted octanol–water partition coefficient (Wildman–Crippen LogP) is 2.94. The van der Waals surface area contributed by atoms with Crippen LogP contribution in [0.4, 0.5) is 10.8 Å². The Bertz CT molecular complexity index is 570. The molecule has 17 heavy (non-hydrogen) atoms. The summed E-state index contributed by atoms with van der Waals surface area (Å²) in [6.45, 7) is 1.84. The second-order valence-electron chi connectivity index (χ2n) is 3.25. The summed E-state index contributed by atoms with van der Waals surface area (Å²) in [6.07, 6.45) is 0. The Morgan fingerprint density at radius 2 is 2.24 bits per heavy atom. The quantitative estimate of drug-likeness (QED) is 0.896. The number of aromatic carboxylic acids is 1. The van der Waals surface area contributed by atoms with Crippen molar-refractivity contribution in [3.8, 4) is 0 Å². The lowest BCUT2D eigenvalue weighted by Gasteiger charge is -2.04. The fourth-order valence-electron chi connectivity index (χ4n) is 1.24. The Morgan fingerprint density at radius 1 is 1.47 bits per heavy atom. The predicted molar refractivity (Wildman–Crippen MR) is 66.3 cm³/mol. The second kappa shape index (κ2) is 4.68. The summed E-state index contributed by atoms with van der Waals surface area (Å²) in [5.74, 6) is -1.06. The highest BCUT2D eigenvalue weighted by atomic mass is 35.5. The fourth-order valence-corrected chi connectivity index (χ4v) is 2.05. The first-order chi connectivity index (χ1) is 8.06. The van der Waals surface area contributed by atoms with Crippen molar-refractivity contribution >= 4 is 39.7 Å². The van der Waals surface area contributed by atoms with Gasteiger partial charge in [-0.1, -0.05) is 22.9 Å². The van der Waals surface area contributed by atoms with Gasteiger partial charge in [0, 0.05) is 5.69 Å². The van der Waals surface area contributed by atoms with Gasteiger partial charge in [0.1, 0.15) is 5.01 Å². The maximum Gasteiger partial charge on any atom is 0.337 e. The van der Waals surface area contributed by atoms with E-state index < -0.39 is 5.97 Å². The van der Waals surface area contributed by atoms with Crippen molar-refractivity contribution in [3.63, 3.8) is 0 Å². The third-order valence-electron chi connectivity index (χ3n) is 1.97. The average Bonchev–Trinajstić information content (AvgIpc) is 2.66. The van der Waals surface area contributed by atoms with Crippen LogP contribution >= 0.6 is 22.9 Å². The van der Waals surface area contributed by atoms with E-state index in [-0.39, 0.29) is 10.6 Å². The number of hydrogen-bond acceptors (Lipinski definition) is 5. The molecule has 0 spiro atoms. The molecule has 0 aliphatic rings. The molecule has 5 nitrogen and oxygen atoms in total. The molecule has 2 N–H and O–H groups in total. The monoisotopic (exact) mass is 269 g/mol. The van der Waals surface area contributed by atoms with E-state index in [4.69, 9.17) is 16.7 Å². The second-order valence-corrected chi connectivity index (χ2v) is 4.84. The van der Waals surface area contributed by atoms with Crippen LogP contribution in [0.1, 0.15) is 15.4 Å². The minimum absolute atomic E-state index is 0.0536. The molecule has 0 bridgehead atoms. The van der Waals surface area contributed by atoms with Crippen LogP contribution in [0.15, 0.2) is 18.2 Å². The van der Waals surface area contributed by atoms with Gasteiger partial charge in [-0.25, -0.2) is 4.79 Å². The number of carbonyl (C=O) groups is 1. The standard InChI is InChI=1S/C10H8ClN3O2S/c1-5-13-14-10(17-5)12-6-2-3-8(11)7(4-6)9(15)16/h2-4H,1H3,(H,12,14)(H,15,16). The Morgan fingerprint density at radius 3 is 2.82 bits per heavy atom. The van der Waals surface area contributed by atoms with Gasteiger partial charge < -0.3 is 10.4 Å². The Kier molecular flexibility index (Phi) is 3.26. The van der Waals surface area contributed by atoms with Crippen molar-refractivity contribution < 1.29 is 9.90 Å². The number of nitrogens with zero attached hydrogens (tertiary/aromatic N) is 2. The molecule has 1 aromatic heterocycles. The Labute approximate surface area is 106 Å². The first-order valence-corrected chi connectivity index (χ1v) is 5.85. The molecule has 0 radical (unpaired) electrons. The summed E-state index contributed by atoms with van der Waals surface area (Å²) in [5, 5.41) is 21.3. The molecule has 88 valence electrons. The highest BCUT2D eigenvalue weighted by molar-refractivity contribution is 7.15. The number of benzene rings is 1. The molecule has 1 aromatic carbocycles. The summed E-state index contributed by atoms with van der Waals surface area (Å²) < 4.78 is 0. The fraction of sp³-hybridized carbons (Fsp3) is 0.100. The summed E-state index contributed by atoms with van der Waals surface area (Å²) in [4.78, 5) is 10.9. The van der Waals surface area contributed by atoms with E-state index in [1.54, 1.807) is 6.07 Å². The van der Waals surface area contributed by atoms with E-state index in [0.29, 0.717) is 10.8 Å². The number of aromatic nitrogens is 2. The number of carboxylic acids is 1. The zero-order chi connectivity index (χ0) is 12.4. The minimum atomic E-state index is -1.06. The van der Waals surface area contributed by atoms with Crippen molar-refractivity contribution in [1.82, 2.24) is 10.2 Å². The molecule has 0 aliphatic heterocycles. The number of aryl methyl sites for hydroxylation is 1. The van der Waals surface area contributed by atoms with Crippen LogP contribution in [0.5, 0.6) is 0 Å². The molecule has 7 heteroatoms. The van der Waals surface area contributed by atoms with Gasteiger partial charge in [0.15, 0.2) is 0 Å². The van der Waals surface area contributed by atoms with Gasteiger partial charge in [-0.2, -0.15) is 0 Å². The van der Waals surface area contributed by atoms with E-state index in [1.165, 1.54) is 23.5 Å². The number of anilines is 2. The molecule has 0 unspecified atom stereocenters. The summed E-state index contributed by atoms with van der Waals surface area (Å²) >= 11 is 7.15. The van der Waals surface area contributed by atoms with E-state index in [9.17, 15) is 4.79 Å². The number of hydrogen-bond donors (Lipinski definition) is 2. The van der Waals surface area contributed by atoms with E-state index in [1.807, 2.05) is 6.92 Å². The van der Waals surface area contributed by atoms with Crippen LogP contribution in [0.2, 0.25) is 5.02 Å². The Hall–Kier alpha value is -1.66. The van der Waals surface area contributed by atoms with Gasteiger partial charge in [-0.15, -0.1) is 10.2 Å². The zero-order valence-electron chi connectivity index (χ0n) is 8.77. The maximum atomic E-state index is 10.9. The summed E-state index contributed by atoms with van der Waals surface area (Å²) in [6, 6.07) is 4.67. The number of halogens is 1. The van der Waals surface area contributed by atoms with Gasteiger partial charge >= 0.3 is 5.97 Å². The summed E-state index contributed by atoms with van der Waals surface area (Å²) in [5.41, 5.74) is 0.667. The lowest BCUT2D eigenvalue weighted by Crippen LogP contribution is -1.99. The molecular formula is C10H8ClN3O2S. The van der Waals surface area contributed by atoms with Crippen molar-refractivity contribution in [3.05, 3.63) is 33.8 Å². The molecule has 0 saturated heterocycles. The normalized spacial score (nSPS) is 10.2. The molecule has 2 aromatic rings. The molecular weight excluding hydrogens is 262 g/mol. The lowest BCUT2D eigenvalue weighted by molar-refractivity contribution is 0.0697. The molecule has 0 amide bonds. The number of carboxylic acid groups (broad SMARTS) is 1. The van der Waals surface area contributed by atoms with Crippen LogP contribution in [0.3, 0.4) is 0 Å². The zero-order valence-corrected chi connectivity index (χ0v) is 10.3. The van der Waals surface area contributed by atoms with E-state index in [0.717, 1.165) is 5.01 Å². The SMILES string of the molecule is Cc1nnc(Nc2ccc(Cl)c(C(=O)O)c2)s1. The first kappa shape index (κ1) is 11.8. The lowest BCUT2D eigenvalue weighted by atomic mass is 10.2. The largest absolute Gasteiger partial charge is 0.478 e. The molecule has 1 heterocycles. The van der Waals surface area contributed by atoms with Crippen LogP contribution in [0.25, 0.3) is 0 Å². The Balaban J connectivity index is 2.28. The third kappa shape index (κ3) is 2.72. The highest BCUT2D eigenvalue weighted by Crippen LogP contribution is 2.24. The van der Waals surface area contributed by atoms with Gasteiger partial charge in [0.2, 0.25) is 5.13 Å². The third-order valence-corrected chi connectivity index (χ3v) is 3.06. The van der Waals surface area contributed by atoms with E-state index >= 15 is 0 Å². The first-order valence-electron chi connectivity index (χ1n) is 4.66. The van der Waals surface area contributed by atoms with E-state index in [2.05, 4.69) is 15.5 Å².